The van der Waals surface area contributed by atoms with Crippen LogP contribution in [-0.4, -0.2) is 58.9 Å². The summed E-state index contributed by atoms with van der Waals surface area (Å²) in [5.74, 6) is -8.15. The number of carbonyl (C=O) groups is 4. The molecular weight excluding hydrogens is 574 g/mol. The van der Waals surface area contributed by atoms with Crippen molar-refractivity contribution in [3.05, 3.63) is 58.6 Å². The third kappa shape index (κ3) is 8.57. The van der Waals surface area contributed by atoms with Gasteiger partial charge in [-0.05, 0) is 61.6 Å². The van der Waals surface area contributed by atoms with Crippen LogP contribution in [0.5, 0.6) is 11.5 Å². The summed E-state index contributed by atoms with van der Waals surface area (Å²) in [4.78, 5) is 49.2. The Bertz CT molecular complexity index is 1270. The molecule has 0 aromatic heterocycles. The van der Waals surface area contributed by atoms with Crippen molar-refractivity contribution in [2.75, 3.05) is 6.54 Å². The summed E-state index contributed by atoms with van der Waals surface area (Å²) < 4.78 is 25.6. The lowest BCUT2D eigenvalue weighted by atomic mass is 10.1. The number of ether oxygens (including phenoxy) is 5. The van der Waals surface area contributed by atoms with E-state index in [2.05, 4.69) is 5.32 Å². The zero-order chi connectivity index (χ0) is 30.9. The normalized spacial score (nSPS) is 16.9. The summed E-state index contributed by atoms with van der Waals surface area (Å²) >= 11 is 5.99. The molecule has 0 bridgehead atoms. The predicted octanol–water partition coefficient (Wildman–Crippen LogP) is 3.66. The molecule has 0 saturated carbocycles. The van der Waals surface area contributed by atoms with Gasteiger partial charge in [-0.3, -0.25) is 9.59 Å². The van der Waals surface area contributed by atoms with Crippen LogP contribution < -0.4 is 14.8 Å². The molecule has 0 spiro atoms. The molecule has 1 aliphatic heterocycles. The van der Waals surface area contributed by atoms with Gasteiger partial charge < -0.3 is 39.2 Å². The van der Waals surface area contributed by atoms with Gasteiger partial charge in [0.05, 0.1) is 6.10 Å². The van der Waals surface area contributed by atoms with Crippen molar-refractivity contribution >= 4 is 35.5 Å². The largest absolute Gasteiger partial charge is 0.475 e. The minimum atomic E-state index is -2.97. The molecule has 12 nitrogen and oxygen atoms in total. The highest BCUT2D eigenvalue weighted by molar-refractivity contribution is 6.30. The van der Waals surface area contributed by atoms with Gasteiger partial charge in [-0.1, -0.05) is 43.6 Å². The van der Waals surface area contributed by atoms with E-state index in [4.69, 9.17) is 35.3 Å². The number of fused-ring (bicyclic) bond motifs is 1. The average Bonchev–Trinajstić information content (AvgIpc) is 3.32. The van der Waals surface area contributed by atoms with Gasteiger partial charge in [0.15, 0.2) is 11.5 Å². The molecule has 13 heteroatoms. The fourth-order valence-electron chi connectivity index (χ4n) is 3.98. The van der Waals surface area contributed by atoms with Crippen LogP contribution >= 0.6 is 11.6 Å². The van der Waals surface area contributed by atoms with Gasteiger partial charge in [0.1, 0.15) is 0 Å². The summed E-state index contributed by atoms with van der Waals surface area (Å²) in [7, 11) is 0. The first-order valence-electron chi connectivity index (χ1n) is 13.5. The molecule has 3 rings (SSSR count). The summed E-state index contributed by atoms with van der Waals surface area (Å²) in [6.45, 7) is 3.43. The minimum Gasteiger partial charge on any atom is -0.475 e. The van der Waals surface area contributed by atoms with Crippen molar-refractivity contribution in [3.63, 3.8) is 0 Å². The molecule has 2 aromatic carbocycles. The summed E-state index contributed by atoms with van der Waals surface area (Å²) in [6.07, 6.45) is 0.363. The van der Waals surface area contributed by atoms with E-state index in [-0.39, 0.29) is 36.9 Å². The number of carbonyl (C=O) groups excluding carboxylic acids is 3. The molecule has 3 atom stereocenters. The molecule has 42 heavy (non-hydrogen) atoms. The van der Waals surface area contributed by atoms with E-state index >= 15 is 0 Å². The van der Waals surface area contributed by atoms with Gasteiger partial charge in [-0.15, -0.1) is 0 Å². The quantitative estimate of drug-likeness (QED) is 0.153. The Kier molecular flexibility index (Phi) is 11.5. The van der Waals surface area contributed by atoms with E-state index in [0.717, 1.165) is 0 Å². The Hall–Kier alpha value is -3.87. The molecule has 228 valence electrons. The second-order valence-electron chi connectivity index (χ2n) is 9.66. The van der Waals surface area contributed by atoms with Crippen molar-refractivity contribution in [3.8, 4) is 11.5 Å². The van der Waals surface area contributed by atoms with E-state index < -0.39 is 42.2 Å². The lowest BCUT2D eigenvalue weighted by Crippen LogP contribution is -2.56. The molecule has 3 N–H and O–H groups in total. The van der Waals surface area contributed by atoms with Gasteiger partial charge in [0.25, 0.3) is 0 Å². The number of hydrogen-bond donors (Lipinski definition) is 3. The van der Waals surface area contributed by atoms with E-state index in [1.807, 2.05) is 6.92 Å². The van der Waals surface area contributed by atoms with Crippen LogP contribution in [0.3, 0.4) is 0 Å². The van der Waals surface area contributed by atoms with Crippen molar-refractivity contribution in [2.24, 2.45) is 0 Å². The summed E-state index contributed by atoms with van der Waals surface area (Å²) in [6, 6.07) is 11.4. The molecule has 0 saturated heterocycles. The predicted molar refractivity (Wildman–Crippen MR) is 148 cm³/mol. The van der Waals surface area contributed by atoms with E-state index in [1.54, 1.807) is 44.2 Å². The summed E-state index contributed by atoms with van der Waals surface area (Å²) in [5, 5.41) is 24.1. The van der Waals surface area contributed by atoms with E-state index in [9.17, 15) is 29.4 Å². The van der Waals surface area contributed by atoms with Crippen LogP contribution in [-0.2, 0) is 39.8 Å². The average molecular weight is 608 g/mol. The molecule has 1 aliphatic rings. The Balaban J connectivity index is 1.67. The Morgan fingerprint density at radius 3 is 2.19 bits per heavy atom. The number of aliphatic hydroxyl groups excluding tert-OH is 1. The fraction of sp³-hybridized carbons (Fsp3) is 0.448. The summed E-state index contributed by atoms with van der Waals surface area (Å²) in [5.41, 5.74) is 1.38. The van der Waals surface area contributed by atoms with Gasteiger partial charge >= 0.3 is 36.1 Å². The van der Waals surface area contributed by atoms with Crippen molar-refractivity contribution in [1.29, 1.82) is 0 Å². The highest BCUT2D eigenvalue weighted by Gasteiger charge is 2.60. The molecular formula is C29H34ClNO11. The third-order valence-electron chi connectivity index (χ3n) is 6.07. The van der Waals surface area contributed by atoms with E-state index in [0.29, 0.717) is 35.4 Å². The zero-order valence-corrected chi connectivity index (χ0v) is 24.2. The smallest absolute Gasteiger partial charge is 0.453 e. The molecule has 0 fully saturated rings. The lowest BCUT2D eigenvalue weighted by molar-refractivity contribution is -0.270. The number of rotatable bonds is 15. The number of esters is 3. The number of benzene rings is 2. The first-order valence-corrected chi connectivity index (χ1v) is 13.9. The lowest BCUT2D eigenvalue weighted by Gasteiger charge is -2.24. The van der Waals surface area contributed by atoms with Crippen LogP contribution in [0.2, 0.25) is 5.02 Å². The number of halogens is 1. The number of nitrogens with one attached hydrogen (secondary N) is 1. The molecule has 1 heterocycles. The first-order chi connectivity index (χ1) is 20.0. The van der Waals surface area contributed by atoms with Gasteiger partial charge in [0.2, 0.25) is 0 Å². The SMILES string of the molecule is CCCC(=O)OC(OC(=O)CCC)OC(=O)C1(C(=O)O)Oc2ccc(CC(C)NCC(O)c3cccc(Cl)c3)cc2O1. The van der Waals surface area contributed by atoms with Gasteiger partial charge in [-0.25, -0.2) is 9.59 Å². The Morgan fingerprint density at radius 1 is 0.952 bits per heavy atom. The molecule has 0 radical (unpaired) electrons. The Morgan fingerprint density at radius 2 is 1.60 bits per heavy atom. The maximum atomic E-state index is 13.0. The maximum Gasteiger partial charge on any atom is 0.453 e. The third-order valence-corrected chi connectivity index (χ3v) is 6.30. The van der Waals surface area contributed by atoms with Crippen molar-refractivity contribution < 1.29 is 53.1 Å². The highest BCUT2D eigenvalue weighted by Crippen LogP contribution is 2.41. The van der Waals surface area contributed by atoms with Crippen LogP contribution in [0, 0.1) is 0 Å². The molecule has 0 aliphatic carbocycles. The maximum absolute atomic E-state index is 13.0. The number of aliphatic carboxylic acids is 1. The molecule has 3 unspecified atom stereocenters. The highest BCUT2D eigenvalue weighted by atomic mass is 35.5. The standard InChI is InChI=1S/C29H34ClNO11/c1-4-7-24(33)38-28(39-25(34)8-5-2)40-27(37)29(26(35)36)41-22-12-11-18(14-23(22)42-29)13-17(3)31-16-21(32)19-9-6-10-20(30)15-19/h6,9-12,14-15,17,21,28,31-32H,4-5,7-8,13,16H2,1-3H3,(H,35,36). The number of hydrogen-bond acceptors (Lipinski definition) is 11. The molecule has 0 amide bonds. The number of carboxylic acids is 1. The molecule has 2 aromatic rings. The van der Waals surface area contributed by atoms with Crippen molar-refractivity contribution in [2.45, 2.75) is 77.3 Å². The van der Waals surface area contributed by atoms with Crippen LogP contribution in [0.1, 0.15) is 63.7 Å². The van der Waals surface area contributed by atoms with Crippen molar-refractivity contribution in [1.82, 2.24) is 5.32 Å². The first kappa shape index (κ1) is 32.6. The second-order valence-corrected chi connectivity index (χ2v) is 10.1. The fourth-order valence-corrected chi connectivity index (χ4v) is 4.18. The second kappa shape index (κ2) is 14.9. The van der Waals surface area contributed by atoms with Crippen LogP contribution in [0.4, 0.5) is 0 Å². The van der Waals surface area contributed by atoms with Crippen LogP contribution in [0.25, 0.3) is 0 Å². The number of aliphatic hydroxyl groups is 1. The van der Waals surface area contributed by atoms with Gasteiger partial charge in [-0.2, -0.15) is 0 Å². The Labute approximate surface area is 247 Å². The minimum absolute atomic E-state index is 0.0412. The number of carboxylic acid groups (broad SMARTS) is 1. The topological polar surface area (TPSA) is 167 Å². The van der Waals surface area contributed by atoms with Crippen LogP contribution in [0.15, 0.2) is 42.5 Å². The van der Waals surface area contributed by atoms with E-state index in [1.165, 1.54) is 12.1 Å². The van der Waals surface area contributed by atoms with Gasteiger partial charge in [0, 0.05) is 30.5 Å². The zero-order valence-electron chi connectivity index (χ0n) is 23.5. The monoisotopic (exact) mass is 607 g/mol.